The molecule has 0 spiro atoms. The van der Waals surface area contributed by atoms with E-state index in [1.165, 1.54) is 10.8 Å². The molecule has 4 heterocycles. The fourth-order valence-corrected chi connectivity index (χ4v) is 6.29. The summed E-state index contributed by atoms with van der Waals surface area (Å²) in [6, 6.07) is 3.66. The number of nitrogens with zero attached hydrogens (tertiary/aromatic N) is 4. The minimum absolute atomic E-state index is 0.145. The van der Waals surface area contributed by atoms with Gasteiger partial charge in [0.25, 0.3) is 11.5 Å². The largest absolute Gasteiger partial charge is 0.480 e. The smallest absolute Gasteiger partial charge is 0.301 e. The Morgan fingerprint density at radius 2 is 2.00 bits per heavy atom. The van der Waals surface area contributed by atoms with Crippen molar-refractivity contribution in [2.45, 2.75) is 49.6 Å². The van der Waals surface area contributed by atoms with Crippen molar-refractivity contribution in [3.05, 3.63) is 39.8 Å². The van der Waals surface area contributed by atoms with Crippen LogP contribution in [-0.4, -0.2) is 51.6 Å². The van der Waals surface area contributed by atoms with Crippen LogP contribution in [0.2, 0.25) is 5.02 Å². The SMILES string of the molecule is Cn1c(=O)c2c(c3cc(Nc4nc(N5C[C@@H]6C[C@H]5CC6(F)F)ncc4Cl)ccc31)N[C@@H](C1CC1)C(F)(F)CO2. The zero-order valence-electron chi connectivity index (χ0n) is 20.9. The summed E-state index contributed by atoms with van der Waals surface area (Å²) >= 11 is 6.38. The number of halogens is 5. The van der Waals surface area contributed by atoms with Crippen molar-refractivity contribution in [1.82, 2.24) is 14.5 Å². The molecule has 2 saturated carbocycles. The number of benzene rings is 1. The van der Waals surface area contributed by atoms with E-state index in [4.69, 9.17) is 16.3 Å². The number of nitrogens with one attached hydrogen (secondary N) is 2. The number of alkyl halides is 4. The number of anilines is 4. The second-order valence-corrected chi connectivity index (χ2v) is 11.4. The van der Waals surface area contributed by atoms with E-state index in [9.17, 15) is 22.4 Å². The highest BCUT2D eigenvalue weighted by Gasteiger charge is 2.56. The van der Waals surface area contributed by atoms with Gasteiger partial charge in [-0.25, -0.2) is 22.5 Å². The van der Waals surface area contributed by atoms with Crippen LogP contribution in [0.4, 0.5) is 40.7 Å². The van der Waals surface area contributed by atoms with E-state index in [0.29, 0.717) is 41.8 Å². The summed E-state index contributed by atoms with van der Waals surface area (Å²) in [5.74, 6) is -6.29. The molecule has 7 rings (SSSR count). The van der Waals surface area contributed by atoms with Gasteiger partial charge in [0.15, 0.2) is 12.4 Å². The first-order valence-corrected chi connectivity index (χ1v) is 13.3. The van der Waals surface area contributed by atoms with E-state index in [0.717, 1.165) is 0 Å². The fourth-order valence-electron chi connectivity index (χ4n) is 6.15. The second-order valence-electron chi connectivity index (χ2n) is 11.0. The monoisotopic (exact) mass is 564 g/mol. The molecule has 0 unspecified atom stereocenters. The summed E-state index contributed by atoms with van der Waals surface area (Å²) in [5, 5.41) is 6.85. The first-order valence-electron chi connectivity index (χ1n) is 12.9. The zero-order valence-corrected chi connectivity index (χ0v) is 21.6. The molecule has 206 valence electrons. The van der Waals surface area contributed by atoms with Gasteiger partial charge in [0.05, 0.1) is 23.4 Å². The normalized spacial score (nSPS) is 26.6. The Hall–Kier alpha value is -3.28. The predicted octanol–water partition coefficient (Wildman–Crippen LogP) is 5.18. The standard InChI is InChI=1S/C26H25ClF4N6O2/c1-36-18-5-4-14(7-16(18)19-20(23(36)38)39-11-26(30,31)21(34-19)12-2-3-12)33-22-17(27)9-32-24(35-22)37-10-13-6-15(37)8-25(13,28)29/h4-5,7,9,12-13,15,21,34H,2-3,6,8,10-11H2,1H3,(H,32,33,35)/t13-,15-,21-/m0/s1. The Morgan fingerprint density at radius 3 is 2.69 bits per heavy atom. The van der Waals surface area contributed by atoms with Crippen molar-refractivity contribution in [1.29, 1.82) is 0 Å². The van der Waals surface area contributed by atoms with Crippen LogP contribution < -0.4 is 25.8 Å². The molecule has 4 aliphatic rings. The Kier molecular flexibility index (Phi) is 5.30. The van der Waals surface area contributed by atoms with E-state index in [2.05, 4.69) is 20.6 Å². The lowest BCUT2D eigenvalue weighted by atomic mass is 10.0. The van der Waals surface area contributed by atoms with Crippen LogP contribution in [0.1, 0.15) is 25.7 Å². The summed E-state index contributed by atoms with van der Waals surface area (Å²) in [7, 11) is 1.56. The lowest BCUT2D eigenvalue weighted by Crippen LogP contribution is -2.44. The average molecular weight is 565 g/mol. The lowest BCUT2D eigenvalue weighted by Gasteiger charge is -2.31. The number of rotatable bonds is 4. The molecule has 1 saturated heterocycles. The maximum Gasteiger partial charge on any atom is 0.301 e. The van der Waals surface area contributed by atoms with Crippen LogP contribution in [0, 0.1) is 11.8 Å². The maximum atomic E-state index is 14.9. The molecule has 2 aliphatic carbocycles. The van der Waals surface area contributed by atoms with Gasteiger partial charge in [0, 0.05) is 43.0 Å². The molecule has 8 nitrogen and oxygen atoms in total. The molecule has 0 radical (unpaired) electrons. The molecule has 2 aromatic heterocycles. The third kappa shape index (κ3) is 3.97. The van der Waals surface area contributed by atoms with Gasteiger partial charge in [0.1, 0.15) is 5.02 Å². The van der Waals surface area contributed by atoms with Crippen LogP contribution in [0.3, 0.4) is 0 Å². The average Bonchev–Trinajstić information content (AvgIpc) is 3.59. The number of aromatic nitrogens is 3. The minimum atomic E-state index is -3.14. The summed E-state index contributed by atoms with van der Waals surface area (Å²) in [6.07, 6.45) is 2.96. The van der Waals surface area contributed by atoms with Gasteiger partial charge in [-0.1, -0.05) is 11.6 Å². The van der Waals surface area contributed by atoms with Crippen LogP contribution in [0.25, 0.3) is 10.9 Å². The number of pyridine rings is 1. The Balaban J connectivity index is 1.25. The molecular weight excluding hydrogens is 540 g/mol. The molecular formula is C26H25ClF4N6O2. The van der Waals surface area contributed by atoms with Crippen molar-refractivity contribution in [3.8, 4) is 5.75 Å². The highest BCUT2D eigenvalue weighted by Crippen LogP contribution is 2.49. The van der Waals surface area contributed by atoms with Crippen molar-refractivity contribution in [3.63, 3.8) is 0 Å². The minimum Gasteiger partial charge on any atom is -0.480 e. The molecule has 0 amide bonds. The Bertz CT molecular complexity index is 1560. The van der Waals surface area contributed by atoms with Gasteiger partial charge in [-0.05, 0) is 43.4 Å². The molecule has 3 aromatic rings. The van der Waals surface area contributed by atoms with Gasteiger partial charge in [-0.2, -0.15) is 4.98 Å². The molecule has 13 heteroatoms. The topological polar surface area (TPSA) is 84.3 Å². The molecule has 39 heavy (non-hydrogen) atoms. The van der Waals surface area contributed by atoms with Gasteiger partial charge < -0.3 is 24.8 Å². The van der Waals surface area contributed by atoms with E-state index in [-0.39, 0.29) is 47.2 Å². The van der Waals surface area contributed by atoms with Crippen molar-refractivity contribution in [2.24, 2.45) is 18.9 Å². The van der Waals surface area contributed by atoms with Crippen LogP contribution >= 0.6 is 11.6 Å². The summed E-state index contributed by atoms with van der Waals surface area (Å²) < 4.78 is 64.6. The number of piperidine rings is 1. The van der Waals surface area contributed by atoms with Crippen molar-refractivity contribution >= 4 is 45.6 Å². The summed E-state index contributed by atoms with van der Waals surface area (Å²) in [5.41, 5.74) is 0.787. The van der Waals surface area contributed by atoms with Gasteiger partial charge in [-0.3, -0.25) is 4.79 Å². The maximum absolute atomic E-state index is 14.9. The molecule has 1 aromatic carbocycles. The molecule has 3 fully saturated rings. The predicted molar refractivity (Wildman–Crippen MR) is 139 cm³/mol. The molecule has 2 N–H and O–H groups in total. The number of ether oxygens (including phenoxy) is 1. The van der Waals surface area contributed by atoms with E-state index in [1.54, 1.807) is 30.1 Å². The van der Waals surface area contributed by atoms with Crippen molar-refractivity contribution < 1.29 is 22.3 Å². The van der Waals surface area contributed by atoms with Gasteiger partial charge in [-0.15, -0.1) is 0 Å². The van der Waals surface area contributed by atoms with E-state index in [1.807, 2.05) is 0 Å². The van der Waals surface area contributed by atoms with Crippen molar-refractivity contribution in [2.75, 3.05) is 28.7 Å². The van der Waals surface area contributed by atoms with E-state index < -0.39 is 36.0 Å². The van der Waals surface area contributed by atoms with Gasteiger partial charge >= 0.3 is 5.92 Å². The third-order valence-electron chi connectivity index (χ3n) is 8.38. The molecule has 2 bridgehead atoms. The van der Waals surface area contributed by atoms with E-state index >= 15 is 0 Å². The first-order chi connectivity index (χ1) is 18.5. The Labute approximate surface area is 225 Å². The number of fused-ring (bicyclic) bond motifs is 5. The lowest BCUT2D eigenvalue weighted by molar-refractivity contribution is -0.0579. The summed E-state index contributed by atoms with van der Waals surface area (Å²) in [4.78, 5) is 23.6. The molecule has 3 atom stereocenters. The number of hydrogen-bond acceptors (Lipinski definition) is 7. The summed E-state index contributed by atoms with van der Waals surface area (Å²) in [6.45, 7) is -0.705. The van der Waals surface area contributed by atoms with Crippen LogP contribution in [0.5, 0.6) is 5.75 Å². The number of hydrogen-bond donors (Lipinski definition) is 2. The highest BCUT2D eigenvalue weighted by atomic mass is 35.5. The Morgan fingerprint density at radius 1 is 1.21 bits per heavy atom. The highest BCUT2D eigenvalue weighted by molar-refractivity contribution is 6.33. The van der Waals surface area contributed by atoms with Gasteiger partial charge in [0.2, 0.25) is 11.7 Å². The van der Waals surface area contributed by atoms with Crippen LogP contribution in [0.15, 0.2) is 29.2 Å². The third-order valence-corrected chi connectivity index (χ3v) is 8.66. The van der Waals surface area contributed by atoms with Crippen LogP contribution in [-0.2, 0) is 7.05 Å². The first kappa shape index (κ1) is 24.7. The zero-order chi connectivity index (χ0) is 27.3. The fraction of sp³-hybridized carbons (Fsp3) is 0.500. The quantitative estimate of drug-likeness (QED) is 0.423. The number of aryl methyl sites for hydroxylation is 1. The second kappa shape index (κ2) is 8.36. The molecule has 2 aliphatic heterocycles.